The van der Waals surface area contributed by atoms with Crippen LogP contribution < -0.4 is 0 Å². The van der Waals surface area contributed by atoms with Crippen LogP contribution in [0.25, 0.3) is 116 Å². The average Bonchev–Trinajstić information content (AvgIpc) is 3.96. The summed E-state index contributed by atoms with van der Waals surface area (Å²) in [4.78, 5) is 0. The summed E-state index contributed by atoms with van der Waals surface area (Å²) in [6.45, 7) is 0. The topological polar surface area (TPSA) is 18.1 Å². The number of hydrogen-bond donors (Lipinski definition) is 0. The Balaban J connectivity index is 1.00. The molecular formula is C60H39NO. The summed E-state index contributed by atoms with van der Waals surface area (Å²) < 4.78 is 65.8. The van der Waals surface area contributed by atoms with E-state index in [-0.39, 0.29) is 58.4 Å². The van der Waals surface area contributed by atoms with Gasteiger partial charge in [-0.05, 0) is 121 Å². The zero-order valence-electron chi connectivity index (χ0n) is 39.4. The number of benzene rings is 10. The Morgan fingerprint density at radius 3 is 1.16 bits per heavy atom. The van der Waals surface area contributed by atoms with Gasteiger partial charge in [0.15, 0.2) is 0 Å². The molecule has 0 fully saturated rings. The van der Waals surface area contributed by atoms with Crippen LogP contribution in [0.1, 0.15) is 8.22 Å². The summed E-state index contributed by atoms with van der Waals surface area (Å²) in [7, 11) is 0. The Morgan fingerprint density at radius 1 is 0.290 bits per heavy atom. The molecule has 0 aliphatic carbocycles. The van der Waals surface area contributed by atoms with Crippen LogP contribution in [0, 0.1) is 0 Å². The Bertz CT molecular complexity index is 3760. The van der Waals surface area contributed by atoms with E-state index < -0.39 is 0 Å². The number of rotatable bonds is 7. The van der Waals surface area contributed by atoms with E-state index in [2.05, 4.69) is 42.5 Å². The number of nitrogens with zero attached hydrogens (tertiary/aromatic N) is 1. The van der Waals surface area contributed by atoms with Crippen molar-refractivity contribution in [1.29, 1.82) is 0 Å². The van der Waals surface area contributed by atoms with Crippen LogP contribution >= 0.6 is 0 Å². The first-order chi connectivity index (χ1) is 33.2. The van der Waals surface area contributed by atoms with Gasteiger partial charge in [0.1, 0.15) is 11.2 Å². The van der Waals surface area contributed by atoms with E-state index in [1.807, 2.05) is 158 Å². The van der Waals surface area contributed by atoms with Crippen LogP contribution in [0.15, 0.2) is 241 Å². The number of para-hydroxylation sites is 1. The normalized spacial score (nSPS) is 12.9. The van der Waals surface area contributed by atoms with Crippen molar-refractivity contribution >= 4 is 43.7 Å². The van der Waals surface area contributed by atoms with Crippen molar-refractivity contribution in [2.45, 2.75) is 0 Å². The first-order valence-electron chi connectivity index (χ1n) is 23.8. The number of aromatic nitrogens is 1. The smallest absolute Gasteiger partial charge is 0.135 e. The maximum Gasteiger partial charge on any atom is 0.135 e. The largest absolute Gasteiger partial charge is 0.456 e. The van der Waals surface area contributed by atoms with Crippen molar-refractivity contribution < 1.29 is 12.6 Å². The molecule has 0 unspecified atom stereocenters. The summed E-state index contributed by atoms with van der Waals surface area (Å²) in [5.74, 6) is 0. The predicted molar refractivity (Wildman–Crippen MR) is 261 cm³/mol. The molecule has 0 aliphatic rings. The van der Waals surface area contributed by atoms with Gasteiger partial charge >= 0.3 is 0 Å². The van der Waals surface area contributed by atoms with Gasteiger partial charge in [0.2, 0.25) is 0 Å². The van der Waals surface area contributed by atoms with Crippen LogP contribution in [-0.2, 0) is 0 Å². The summed E-state index contributed by atoms with van der Waals surface area (Å²) in [6, 6.07) is 65.3. The predicted octanol–water partition coefficient (Wildman–Crippen LogP) is 16.7. The van der Waals surface area contributed by atoms with Crippen molar-refractivity contribution in [2.24, 2.45) is 0 Å². The van der Waals surface area contributed by atoms with Gasteiger partial charge in [-0.25, -0.2) is 0 Å². The zero-order chi connectivity index (χ0) is 46.2. The summed E-state index contributed by atoms with van der Waals surface area (Å²) in [6.07, 6.45) is 0. The van der Waals surface area contributed by atoms with Crippen molar-refractivity contribution in [3.8, 4) is 72.4 Å². The molecule has 0 spiro atoms. The highest BCUT2D eigenvalue weighted by molar-refractivity contribution is 6.12. The third kappa shape index (κ3) is 6.29. The van der Waals surface area contributed by atoms with Crippen molar-refractivity contribution in [3.63, 3.8) is 0 Å². The molecule has 0 saturated heterocycles. The third-order valence-electron chi connectivity index (χ3n) is 11.9. The molecule has 0 bridgehead atoms. The highest BCUT2D eigenvalue weighted by Crippen LogP contribution is 2.39. The second-order valence-corrected chi connectivity index (χ2v) is 15.6. The van der Waals surface area contributed by atoms with Crippen LogP contribution in [-0.4, -0.2) is 4.57 Å². The molecule has 2 heteroatoms. The molecule has 2 nitrogen and oxygen atoms in total. The maximum atomic E-state index is 9.89. The van der Waals surface area contributed by atoms with Crippen molar-refractivity contribution in [2.75, 3.05) is 0 Å². The summed E-state index contributed by atoms with van der Waals surface area (Å²) in [5.41, 5.74) is 12.7. The van der Waals surface area contributed by atoms with Gasteiger partial charge < -0.3 is 8.98 Å². The molecule has 2 heterocycles. The van der Waals surface area contributed by atoms with E-state index in [1.54, 1.807) is 4.57 Å². The molecule has 12 rings (SSSR count). The molecule has 62 heavy (non-hydrogen) atoms. The monoisotopic (exact) mass is 795 g/mol. The molecule has 0 saturated carbocycles. The van der Waals surface area contributed by atoms with E-state index >= 15 is 0 Å². The van der Waals surface area contributed by atoms with E-state index in [0.29, 0.717) is 27.6 Å². The van der Waals surface area contributed by atoms with Gasteiger partial charge in [-0.15, -0.1) is 0 Å². The number of hydrogen-bond acceptors (Lipinski definition) is 1. The molecule has 0 N–H and O–H groups in total. The van der Waals surface area contributed by atoms with Gasteiger partial charge in [-0.3, -0.25) is 0 Å². The van der Waals surface area contributed by atoms with Gasteiger partial charge in [0, 0.05) is 27.2 Å². The fourth-order valence-corrected chi connectivity index (χ4v) is 8.64. The van der Waals surface area contributed by atoms with Crippen molar-refractivity contribution in [1.82, 2.24) is 4.57 Å². The second-order valence-electron chi connectivity index (χ2n) is 15.6. The standard InChI is InChI=1S/C60H39NO/c1-3-9-40(10-4-1)42-15-21-46(22-16-42)49-29-34-57-54(37-49)55-38-50(47-23-17-43(18-24-47)41-11-5-2-6-12-41)30-35-58(55)61(57)52-32-27-45(28-33-52)44-19-25-48(26-20-44)51-31-36-60-56(39-51)53-13-7-8-14-59(53)62-60/h1-39H/i29D,30D,34D,35D,37D,38D. The quantitative estimate of drug-likeness (QED) is 0.157. The zero-order valence-corrected chi connectivity index (χ0v) is 33.4. The van der Waals surface area contributed by atoms with Crippen LogP contribution in [0.3, 0.4) is 0 Å². The Morgan fingerprint density at radius 2 is 0.661 bits per heavy atom. The third-order valence-corrected chi connectivity index (χ3v) is 11.9. The minimum absolute atomic E-state index is 0.00923. The van der Waals surface area contributed by atoms with E-state index in [9.17, 15) is 8.22 Å². The van der Waals surface area contributed by atoms with Crippen LogP contribution in [0.5, 0.6) is 0 Å². The van der Waals surface area contributed by atoms with Crippen LogP contribution in [0.2, 0.25) is 0 Å². The molecular weight excluding hydrogens is 751 g/mol. The van der Waals surface area contributed by atoms with E-state index in [4.69, 9.17) is 4.42 Å². The fourth-order valence-electron chi connectivity index (χ4n) is 8.64. The Kier molecular flexibility index (Phi) is 7.15. The number of fused-ring (bicyclic) bond motifs is 6. The molecule has 0 amide bonds. The minimum atomic E-state index is -0.130. The fraction of sp³-hybridized carbons (Fsp3) is 0. The van der Waals surface area contributed by atoms with Gasteiger partial charge in [-0.2, -0.15) is 0 Å². The lowest BCUT2D eigenvalue weighted by Gasteiger charge is -2.11. The molecule has 10 aromatic carbocycles. The maximum absolute atomic E-state index is 9.89. The van der Waals surface area contributed by atoms with E-state index in [0.717, 1.165) is 66.4 Å². The molecule has 2 aromatic heterocycles. The van der Waals surface area contributed by atoms with Gasteiger partial charge in [-0.1, -0.05) is 182 Å². The molecule has 12 aromatic rings. The SMILES string of the molecule is [2H]c1c(-c2ccc(-c3ccccc3)cc2)c([2H])c2c3c([2H])c(-c4ccc(-c5ccccc5)cc4)c([2H])c([2H])c3n(-c3ccc(-c4ccc(-c5ccc6oc7ccccc7c6c5)cc4)cc3)c2c1[2H]. The molecule has 0 aliphatic heterocycles. The molecule has 290 valence electrons. The van der Waals surface area contributed by atoms with E-state index in [1.165, 1.54) is 0 Å². The molecule has 0 atom stereocenters. The Labute approximate surface area is 368 Å². The Hall–Kier alpha value is -8.20. The average molecular weight is 796 g/mol. The highest BCUT2D eigenvalue weighted by atomic mass is 16.3. The van der Waals surface area contributed by atoms with Gasteiger partial charge in [0.25, 0.3) is 0 Å². The summed E-state index contributed by atoms with van der Waals surface area (Å²) in [5, 5.41) is 2.75. The van der Waals surface area contributed by atoms with Crippen LogP contribution in [0.4, 0.5) is 0 Å². The van der Waals surface area contributed by atoms with Crippen molar-refractivity contribution in [3.05, 3.63) is 236 Å². The first-order valence-corrected chi connectivity index (χ1v) is 20.8. The van der Waals surface area contributed by atoms with Gasteiger partial charge in [0.05, 0.1) is 19.3 Å². The highest BCUT2D eigenvalue weighted by Gasteiger charge is 2.16. The lowest BCUT2D eigenvalue weighted by atomic mass is 9.97. The molecule has 0 radical (unpaired) electrons. The summed E-state index contributed by atoms with van der Waals surface area (Å²) >= 11 is 0. The number of furan rings is 1. The lowest BCUT2D eigenvalue weighted by molar-refractivity contribution is 0.669. The lowest BCUT2D eigenvalue weighted by Crippen LogP contribution is -1.94. The first kappa shape index (κ1) is 29.9. The second kappa shape index (κ2) is 14.8. The minimum Gasteiger partial charge on any atom is -0.456 e.